The summed E-state index contributed by atoms with van der Waals surface area (Å²) >= 11 is 0. The number of aliphatic hydroxyl groups is 1. The van der Waals surface area contributed by atoms with Gasteiger partial charge in [0, 0.05) is 18.0 Å². The monoisotopic (exact) mass is 343 g/mol. The molecular formula is C18H27F2NO3. The van der Waals surface area contributed by atoms with E-state index in [1.165, 1.54) is 12.1 Å². The quantitative estimate of drug-likeness (QED) is 0.791. The SMILES string of the molecule is CCCC(CO)(CNC(=O)OC(C)(C)C)Cc1cc(F)cc(F)c1. The molecule has 0 spiro atoms. The maximum Gasteiger partial charge on any atom is 0.407 e. The first-order valence-corrected chi connectivity index (χ1v) is 8.12. The molecular weight excluding hydrogens is 316 g/mol. The Balaban J connectivity index is 2.87. The summed E-state index contributed by atoms with van der Waals surface area (Å²) in [6.07, 6.45) is 1.02. The Morgan fingerprint density at radius 2 is 1.79 bits per heavy atom. The molecule has 0 saturated heterocycles. The highest BCUT2D eigenvalue weighted by Gasteiger charge is 2.31. The second-order valence-electron chi connectivity index (χ2n) is 7.22. The maximum atomic E-state index is 13.4. The molecule has 6 heteroatoms. The lowest BCUT2D eigenvalue weighted by Gasteiger charge is -2.32. The van der Waals surface area contributed by atoms with Gasteiger partial charge in [-0.1, -0.05) is 13.3 Å². The van der Waals surface area contributed by atoms with E-state index in [-0.39, 0.29) is 19.6 Å². The Hall–Kier alpha value is -1.69. The fourth-order valence-electron chi connectivity index (χ4n) is 2.68. The number of benzene rings is 1. The Morgan fingerprint density at radius 1 is 1.21 bits per heavy atom. The Morgan fingerprint density at radius 3 is 2.25 bits per heavy atom. The largest absolute Gasteiger partial charge is 0.444 e. The number of hydrogen-bond donors (Lipinski definition) is 2. The molecule has 0 aliphatic carbocycles. The van der Waals surface area contributed by atoms with Crippen LogP contribution in [0.25, 0.3) is 0 Å². The van der Waals surface area contributed by atoms with Crippen LogP contribution in [-0.2, 0) is 11.2 Å². The van der Waals surface area contributed by atoms with Crippen molar-refractivity contribution >= 4 is 6.09 Å². The Bertz CT molecular complexity index is 537. The van der Waals surface area contributed by atoms with Crippen LogP contribution in [0.15, 0.2) is 18.2 Å². The zero-order chi connectivity index (χ0) is 18.4. The van der Waals surface area contributed by atoms with Gasteiger partial charge in [0.05, 0.1) is 6.61 Å². The van der Waals surface area contributed by atoms with Crippen molar-refractivity contribution in [1.29, 1.82) is 0 Å². The molecule has 1 aromatic rings. The first-order chi connectivity index (χ1) is 11.1. The van der Waals surface area contributed by atoms with Crippen molar-refractivity contribution < 1.29 is 23.4 Å². The molecule has 0 bridgehead atoms. The molecule has 0 aliphatic heterocycles. The van der Waals surface area contributed by atoms with Crippen LogP contribution in [0, 0.1) is 17.0 Å². The number of ether oxygens (including phenoxy) is 1. The van der Waals surface area contributed by atoms with Gasteiger partial charge in [-0.2, -0.15) is 0 Å². The van der Waals surface area contributed by atoms with E-state index >= 15 is 0 Å². The van der Waals surface area contributed by atoms with Crippen molar-refractivity contribution in [1.82, 2.24) is 5.32 Å². The smallest absolute Gasteiger partial charge is 0.407 e. The first kappa shape index (κ1) is 20.4. The summed E-state index contributed by atoms with van der Waals surface area (Å²) in [6, 6.07) is 3.30. The Kier molecular flexibility index (Phi) is 7.14. The van der Waals surface area contributed by atoms with E-state index in [1.807, 2.05) is 6.92 Å². The molecule has 1 atom stereocenters. The minimum Gasteiger partial charge on any atom is -0.444 e. The number of rotatable bonds is 7. The third kappa shape index (κ3) is 6.83. The van der Waals surface area contributed by atoms with E-state index in [1.54, 1.807) is 20.8 Å². The molecule has 4 nitrogen and oxygen atoms in total. The number of carbonyl (C=O) groups excluding carboxylic acids is 1. The van der Waals surface area contributed by atoms with Gasteiger partial charge in [-0.25, -0.2) is 13.6 Å². The fraction of sp³-hybridized carbons (Fsp3) is 0.611. The van der Waals surface area contributed by atoms with E-state index in [0.29, 0.717) is 12.0 Å². The first-order valence-electron chi connectivity index (χ1n) is 8.12. The fourth-order valence-corrected chi connectivity index (χ4v) is 2.68. The average molecular weight is 343 g/mol. The van der Waals surface area contributed by atoms with Gasteiger partial charge >= 0.3 is 6.09 Å². The lowest BCUT2D eigenvalue weighted by Crippen LogP contribution is -2.43. The highest BCUT2D eigenvalue weighted by atomic mass is 19.1. The van der Waals surface area contributed by atoms with Crippen molar-refractivity contribution in [2.45, 2.75) is 52.6 Å². The molecule has 0 saturated carbocycles. The minimum atomic E-state index is -0.702. The number of carbonyl (C=O) groups is 1. The van der Waals surface area contributed by atoms with E-state index in [2.05, 4.69) is 5.32 Å². The van der Waals surface area contributed by atoms with Gasteiger partial charge in [-0.15, -0.1) is 0 Å². The number of amides is 1. The van der Waals surface area contributed by atoms with Gasteiger partial charge in [0.2, 0.25) is 0 Å². The summed E-state index contributed by atoms with van der Waals surface area (Å²) in [6.45, 7) is 7.16. The van der Waals surface area contributed by atoms with Gasteiger partial charge in [-0.3, -0.25) is 0 Å². The van der Waals surface area contributed by atoms with Gasteiger partial charge in [0.1, 0.15) is 17.2 Å². The lowest BCUT2D eigenvalue weighted by molar-refractivity contribution is 0.0455. The van der Waals surface area contributed by atoms with Crippen LogP contribution in [0.3, 0.4) is 0 Å². The topological polar surface area (TPSA) is 58.6 Å². The molecule has 0 aliphatic rings. The average Bonchev–Trinajstić information content (AvgIpc) is 2.42. The van der Waals surface area contributed by atoms with E-state index in [0.717, 1.165) is 12.5 Å². The molecule has 1 rings (SSSR count). The number of hydrogen-bond acceptors (Lipinski definition) is 3. The van der Waals surface area contributed by atoms with Crippen molar-refractivity contribution in [2.24, 2.45) is 5.41 Å². The zero-order valence-electron chi connectivity index (χ0n) is 14.8. The molecule has 24 heavy (non-hydrogen) atoms. The highest BCUT2D eigenvalue weighted by Crippen LogP contribution is 2.29. The van der Waals surface area contributed by atoms with Crippen LogP contribution in [0.2, 0.25) is 0 Å². The summed E-state index contributed by atoms with van der Waals surface area (Å²) in [7, 11) is 0. The number of alkyl carbamates (subject to hydrolysis) is 1. The van der Waals surface area contributed by atoms with E-state index in [4.69, 9.17) is 4.74 Å². The van der Waals surface area contributed by atoms with Crippen molar-refractivity contribution in [3.8, 4) is 0 Å². The normalized spacial score (nSPS) is 14.1. The van der Waals surface area contributed by atoms with Gasteiger partial charge in [0.25, 0.3) is 0 Å². The number of halogens is 2. The molecule has 1 unspecified atom stereocenters. The summed E-state index contributed by atoms with van der Waals surface area (Å²) in [5.41, 5.74) is -0.880. The second kappa shape index (κ2) is 8.42. The summed E-state index contributed by atoms with van der Waals surface area (Å²) in [5.74, 6) is -1.32. The van der Waals surface area contributed by atoms with Crippen LogP contribution in [-0.4, -0.2) is 30.0 Å². The van der Waals surface area contributed by atoms with Gasteiger partial charge in [0.15, 0.2) is 0 Å². The standard InChI is InChI=1S/C18H27F2NO3/c1-5-6-18(12-22,11-21-16(23)24-17(2,3)4)10-13-7-14(19)9-15(20)8-13/h7-9,22H,5-6,10-12H2,1-4H3,(H,21,23). The summed E-state index contributed by atoms with van der Waals surface area (Å²) in [4.78, 5) is 11.9. The van der Waals surface area contributed by atoms with Crippen LogP contribution < -0.4 is 5.32 Å². The van der Waals surface area contributed by atoms with Crippen LogP contribution >= 0.6 is 0 Å². The summed E-state index contributed by atoms with van der Waals surface area (Å²) < 4.78 is 32.0. The predicted octanol–water partition coefficient (Wildman–Crippen LogP) is 3.81. The second-order valence-corrected chi connectivity index (χ2v) is 7.22. The third-order valence-electron chi connectivity index (χ3n) is 3.62. The molecule has 0 aromatic heterocycles. The van der Waals surface area contributed by atoms with Gasteiger partial charge < -0.3 is 15.2 Å². The Labute approximate surface area is 142 Å². The minimum absolute atomic E-state index is 0.157. The lowest BCUT2D eigenvalue weighted by atomic mass is 9.78. The van der Waals surface area contributed by atoms with E-state index < -0.39 is 28.7 Å². The molecule has 0 radical (unpaired) electrons. The predicted molar refractivity (Wildman–Crippen MR) is 88.7 cm³/mol. The summed E-state index contributed by atoms with van der Waals surface area (Å²) in [5, 5.41) is 12.5. The molecule has 1 amide bonds. The third-order valence-corrected chi connectivity index (χ3v) is 3.62. The number of nitrogens with one attached hydrogen (secondary N) is 1. The van der Waals surface area contributed by atoms with Crippen LogP contribution in [0.4, 0.5) is 13.6 Å². The molecule has 136 valence electrons. The number of aliphatic hydroxyl groups excluding tert-OH is 1. The van der Waals surface area contributed by atoms with Crippen molar-refractivity contribution in [3.63, 3.8) is 0 Å². The maximum absolute atomic E-state index is 13.4. The molecule has 0 heterocycles. The molecule has 0 fully saturated rings. The van der Waals surface area contributed by atoms with Gasteiger partial charge in [-0.05, 0) is 51.3 Å². The van der Waals surface area contributed by atoms with Crippen molar-refractivity contribution in [3.05, 3.63) is 35.4 Å². The van der Waals surface area contributed by atoms with E-state index in [9.17, 15) is 18.7 Å². The van der Waals surface area contributed by atoms with Crippen LogP contribution in [0.1, 0.15) is 46.1 Å². The zero-order valence-corrected chi connectivity index (χ0v) is 14.8. The van der Waals surface area contributed by atoms with Crippen molar-refractivity contribution in [2.75, 3.05) is 13.2 Å². The van der Waals surface area contributed by atoms with Crippen LogP contribution in [0.5, 0.6) is 0 Å². The molecule has 2 N–H and O–H groups in total. The highest BCUT2D eigenvalue weighted by molar-refractivity contribution is 5.67. The molecule has 1 aromatic carbocycles.